The molecule has 6 nitrogen and oxygen atoms in total. The summed E-state index contributed by atoms with van der Waals surface area (Å²) >= 11 is 8.34. The van der Waals surface area contributed by atoms with E-state index in [1.54, 1.807) is 56.7 Å². The number of aromatic nitrogens is 1. The standard InChI is InChI=1S/C21H18ClIN2O4/c1-25(2)21(27)19(13-7-4-3-5-8-13)29-17(26)12-28-20-16(23)11-15(22)14-9-6-10-24-18(14)20/h3-11,19H,12H2,1-2H3/t19-/m1/s1. The van der Waals surface area contributed by atoms with E-state index in [1.165, 1.54) is 4.90 Å². The van der Waals surface area contributed by atoms with Crippen LogP contribution in [0.3, 0.4) is 0 Å². The molecule has 1 heterocycles. The Labute approximate surface area is 186 Å². The van der Waals surface area contributed by atoms with E-state index in [-0.39, 0.29) is 12.5 Å². The van der Waals surface area contributed by atoms with E-state index in [0.717, 1.165) is 8.96 Å². The molecule has 0 aliphatic carbocycles. The second kappa shape index (κ2) is 9.41. The number of ether oxygens (including phenoxy) is 2. The van der Waals surface area contributed by atoms with Crippen molar-refractivity contribution in [1.29, 1.82) is 0 Å². The summed E-state index contributed by atoms with van der Waals surface area (Å²) in [6, 6.07) is 14.2. The van der Waals surface area contributed by atoms with E-state index in [2.05, 4.69) is 27.6 Å². The summed E-state index contributed by atoms with van der Waals surface area (Å²) in [6.07, 6.45) is 0.586. The third-order valence-electron chi connectivity index (χ3n) is 4.10. The summed E-state index contributed by atoms with van der Waals surface area (Å²) in [7, 11) is 3.22. The molecular weight excluding hydrogens is 507 g/mol. The minimum atomic E-state index is -1.04. The predicted molar refractivity (Wildman–Crippen MR) is 119 cm³/mol. The van der Waals surface area contributed by atoms with Gasteiger partial charge < -0.3 is 14.4 Å². The van der Waals surface area contributed by atoms with Crippen LogP contribution in [0.5, 0.6) is 5.75 Å². The van der Waals surface area contributed by atoms with Gasteiger partial charge in [-0.2, -0.15) is 0 Å². The first-order valence-electron chi connectivity index (χ1n) is 8.69. The molecule has 1 amide bonds. The molecular formula is C21H18ClIN2O4. The highest BCUT2D eigenvalue weighted by Gasteiger charge is 2.27. The van der Waals surface area contributed by atoms with Crippen LogP contribution in [0, 0.1) is 3.57 Å². The Morgan fingerprint density at radius 3 is 2.59 bits per heavy atom. The first-order chi connectivity index (χ1) is 13.9. The van der Waals surface area contributed by atoms with Gasteiger partial charge in [0, 0.05) is 31.2 Å². The molecule has 1 atom stereocenters. The summed E-state index contributed by atoms with van der Waals surface area (Å²) in [6.45, 7) is -0.368. The zero-order valence-electron chi connectivity index (χ0n) is 15.8. The third kappa shape index (κ3) is 4.97. The van der Waals surface area contributed by atoms with Gasteiger partial charge in [-0.3, -0.25) is 9.78 Å². The highest BCUT2D eigenvalue weighted by atomic mass is 127. The van der Waals surface area contributed by atoms with Crippen molar-refractivity contribution in [2.45, 2.75) is 6.10 Å². The van der Waals surface area contributed by atoms with Gasteiger partial charge in [-0.1, -0.05) is 41.9 Å². The van der Waals surface area contributed by atoms with Gasteiger partial charge in [-0.25, -0.2) is 4.79 Å². The lowest BCUT2D eigenvalue weighted by atomic mass is 10.1. The topological polar surface area (TPSA) is 68.7 Å². The molecule has 0 radical (unpaired) electrons. The van der Waals surface area contributed by atoms with E-state index in [0.29, 0.717) is 21.9 Å². The number of rotatable bonds is 6. The van der Waals surface area contributed by atoms with E-state index in [1.807, 2.05) is 12.1 Å². The molecule has 0 bridgehead atoms. The van der Waals surface area contributed by atoms with E-state index < -0.39 is 12.1 Å². The largest absolute Gasteiger partial charge is 0.478 e. The van der Waals surface area contributed by atoms with Crippen LogP contribution in [-0.2, 0) is 14.3 Å². The lowest BCUT2D eigenvalue weighted by Crippen LogP contribution is -2.32. The zero-order chi connectivity index (χ0) is 21.0. The molecule has 0 fully saturated rings. The second-order valence-corrected chi connectivity index (χ2v) is 7.94. The lowest BCUT2D eigenvalue weighted by molar-refractivity contribution is -0.161. The van der Waals surface area contributed by atoms with E-state index in [4.69, 9.17) is 21.1 Å². The van der Waals surface area contributed by atoms with E-state index in [9.17, 15) is 9.59 Å². The molecule has 29 heavy (non-hydrogen) atoms. The first kappa shape index (κ1) is 21.3. The molecule has 3 aromatic rings. The number of carbonyl (C=O) groups excluding carboxylic acids is 2. The first-order valence-corrected chi connectivity index (χ1v) is 10.1. The molecule has 0 saturated carbocycles. The summed E-state index contributed by atoms with van der Waals surface area (Å²) in [4.78, 5) is 30.7. The number of pyridine rings is 1. The van der Waals surface area contributed by atoms with Crippen LogP contribution >= 0.6 is 34.2 Å². The maximum absolute atomic E-state index is 12.5. The maximum Gasteiger partial charge on any atom is 0.345 e. The Kier molecular flexibility index (Phi) is 6.92. The number of hydrogen-bond donors (Lipinski definition) is 0. The maximum atomic E-state index is 12.5. The average molecular weight is 525 g/mol. The molecule has 150 valence electrons. The minimum Gasteiger partial charge on any atom is -0.478 e. The number of benzene rings is 2. The highest BCUT2D eigenvalue weighted by molar-refractivity contribution is 14.1. The molecule has 2 aromatic carbocycles. The van der Waals surface area contributed by atoms with Crippen LogP contribution in [0.25, 0.3) is 10.9 Å². The summed E-state index contributed by atoms with van der Waals surface area (Å²) in [5.41, 5.74) is 1.15. The molecule has 1 aromatic heterocycles. The number of esters is 1. The van der Waals surface area contributed by atoms with Crippen molar-refractivity contribution < 1.29 is 19.1 Å². The van der Waals surface area contributed by atoms with Gasteiger partial charge in [0.25, 0.3) is 5.91 Å². The van der Waals surface area contributed by atoms with Crippen molar-refractivity contribution >= 4 is 57.0 Å². The van der Waals surface area contributed by atoms with Crippen molar-refractivity contribution in [2.75, 3.05) is 20.7 Å². The number of halogens is 2. The fourth-order valence-electron chi connectivity index (χ4n) is 2.70. The van der Waals surface area contributed by atoms with Gasteiger partial charge >= 0.3 is 5.97 Å². The lowest BCUT2D eigenvalue weighted by Gasteiger charge is -2.21. The Balaban J connectivity index is 1.78. The average Bonchev–Trinajstić information content (AvgIpc) is 2.72. The second-order valence-electron chi connectivity index (χ2n) is 6.37. The monoisotopic (exact) mass is 524 g/mol. The zero-order valence-corrected chi connectivity index (χ0v) is 18.7. The number of carbonyl (C=O) groups is 2. The van der Waals surface area contributed by atoms with Crippen LogP contribution < -0.4 is 4.74 Å². The molecule has 0 N–H and O–H groups in total. The number of nitrogens with zero attached hydrogens (tertiary/aromatic N) is 2. The Morgan fingerprint density at radius 2 is 1.90 bits per heavy atom. The summed E-state index contributed by atoms with van der Waals surface area (Å²) in [5.74, 6) is -0.556. The molecule has 0 aliphatic heterocycles. The van der Waals surface area contributed by atoms with Crippen molar-refractivity contribution in [3.8, 4) is 5.75 Å². The molecule has 3 rings (SSSR count). The number of amides is 1. The normalized spacial score (nSPS) is 11.7. The third-order valence-corrected chi connectivity index (χ3v) is 5.22. The van der Waals surface area contributed by atoms with Gasteiger partial charge in [0.2, 0.25) is 6.10 Å². The van der Waals surface area contributed by atoms with Crippen molar-refractivity contribution in [2.24, 2.45) is 0 Å². The van der Waals surface area contributed by atoms with Crippen molar-refractivity contribution in [3.63, 3.8) is 0 Å². The fraction of sp³-hybridized carbons (Fsp3) is 0.190. The molecule has 0 aliphatic rings. The van der Waals surface area contributed by atoms with Crippen molar-refractivity contribution in [3.05, 3.63) is 68.9 Å². The van der Waals surface area contributed by atoms with Crippen LogP contribution in [0.2, 0.25) is 5.02 Å². The molecule has 0 saturated heterocycles. The highest BCUT2D eigenvalue weighted by Crippen LogP contribution is 2.34. The Hall–Kier alpha value is -2.39. The number of likely N-dealkylation sites (N-methyl/N-ethyl adjacent to an activating group) is 1. The van der Waals surface area contributed by atoms with Gasteiger partial charge in [0.1, 0.15) is 5.52 Å². The van der Waals surface area contributed by atoms with E-state index >= 15 is 0 Å². The minimum absolute atomic E-state index is 0.335. The quantitative estimate of drug-likeness (QED) is 0.356. The Bertz CT molecular complexity index is 1040. The number of hydrogen-bond acceptors (Lipinski definition) is 5. The van der Waals surface area contributed by atoms with Crippen LogP contribution in [0.15, 0.2) is 54.7 Å². The van der Waals surface area contributed by atoms with Crippen LogP contribution in [0.4, 0.5) is 0 Å². The summed E-state index contributed by atoms with van der Waals surface area (Å²) < 4.78 is 11.9. The van der Waals surface area contributed by atoms with Gasteiger partial charge in [0.05, 0.1) is 8.59 Å². The summed E-state index contributed by atoms with van der Waals surface area (Å²) in [5, 5.41) is 1.27. The SMILES string of the molecule is CN(C)C(=O)[C@H](OC(=O)COc1c(I)cc(Cl)c2cccnc12)c1ccccc1. The van der Waals surface area contributed by atoms with Gasteiger partial charge in [0.15, 0.2) is 12.4 Å². The Morgan fingerprint density at radius 1 is 1.17 bits per heavy atom. The smallest absolute Gasteiger partial charge is 0.345 e. The van der Waals surface area contributed by atoms with Crippen LogP contribution in [-0.4, -0.2) is 42.5 Å². The fourth-order valence-corrected chi connectivity index (χ4v) is 3.87. The molecule has 0 spiro atoms. The van der Waals surface area contributed by atoms with Gasteiger partial charge in [-0.15, -0.1) is 0 Å². The molecule has 8 heteroatoms. The molecule has 0 unspecified atom stereocenters. The van der Waals surface area contributed by atoms with Gasteiger partial charge in [-0.05, 0) is 40.8 Å². The number of fused-ring (bicyclic) bond motifs is 1. The van der Waals surface area contributed by atoms with Crippen molar-refractivity contribution in [1.82, 2.24) is 9.88 Å². The predicted octanol–water partition coefficient (Wildman–Crippen LogP) is 4.24. The van der Waals surface area contributed by atoms with Crippen LogP contribution in [0.1, 0.15) is 11.7 Å².